The van der Waals surface area contributed by atoms with Crippen molar-refractivity contribution in [3.05, 3.63) is 0 Å². The van der Waals surface area contributed by atoms with Crippen molar-refractivity contribution in [2.45, 2.75) is 6.92 Å². The zero-order chi connectivity index (χ0) is 7.44. The van der Waals surface area contributed by atoms with Crippen LogP contribution in [-0.2, 0) is 0 Å². The molecule has 0 saturated heterocycles. The van der Waals surface area contributed by atoms with Crippen LogP contribution in [0.25, 0.3) is 0 Å². The molecule has 0 aliphatic carbocycles. The van der Waals surface area contributed by atoms with E-state index in [-0.39, 0.29) is 0 Å². The predicted molar refractivity (Wildman–Crippen MR) is 40.1 cm³/mol. The van der Waals surface area contributed by atoms with Crippen LogP contribution >= 0.6 is 0 Å². The first-order valence-electron chi connectivity index (χ1n) is 2.81. The summed E-state index contributed by atoms with van der Waals surface area (Å²) >= 11 is 0. The van der Waals surface area contributed by atoms with E-state index in [2.05, 4.69) is 11.7 Å². The number of hydrogen-bond donors (Lipinski definition) is 0. The maximum absolute atomic E-state index is 3.97. The minimum Gasteiger partial charge on any atom is -0.271 e. The summed E-state index contributed by atoms with van der Waals surface area (Å²) in [7, 11) is 5.54. The molecule has 0 radical (unpaired) electrons. The van der Waals surface area contributed by atoms with Crippen molar-refractivity contribution in [2.24, 2.45) is 4.99 Å². The van der Waals surface area contributed by atoms with E-state index in [1.807, 2.05) is 26.0 Å². The van der Waals surface area contributed by atoms with Crippen LogP contribution in [0.2, 0.25) is 0 Å². The fourth-order valence-electron chi connectivity index (χ4n) is 0.392. The molecule has 0 unspecified atom stereocenters. The van der Waals surface area contributed by atoms with Gasteiger partial charge in [-0.25, -0.2) is 0 Å². The van der Waals surface area contributed by atoms with Crippen molar-refractivity contribution in [2.75, 3.05) is 21.1 Å². The van der Waals surface area contributed by atoms with Gasteiger partial charge in [-0.15, -0.1) is 9.69 Å². The van der Waals surface area contributed by atoms with E-state index >= 15 is 0 Å². The van der Waals surface area contributed by atoms with Gasteiger partial charge < -0.3 is 0 Å². The molecule has 0 fully saturated rings. The smallest absolute Gasteiger partial charge is 0.161 e. The Labute approximate surface area is 56.3 Å². The zero-order valence-corrected chi connectivity index (χ0v) is 6.55. The van der Waals surface area contributed by atoms with Crippen molar-refractivity contribution >= 4 is 12.6 Å². The normalized spacial score (nSPS) is 11.3. The van der Waals surface area contributed by atoms with Gasteiger partial charge in [0.2, 0.25) is 0 Å². The van der Waals surface area contributed by atoms with Gasteiger partial charge in [-0.05, 0) is 6.92 Å². The molecule has 0 aromatic rings. The first-order valence-corrected chi connectivity index (χ1v) is 2.81. The summed E-state index contributed by atoms with van der Waals surface area (Å²) < 4.78 is 1.72. The third kappa shape index (κ3) is 2.26. The molecule has 0 amide bonds. The Balaban J connectivity index is 4.04. The highest BCUT2D eigenvalue weighted by Gasteiger charge is 2.03. The SMILES string of the molecule is C=[N+](C)N(C)C(C)=NC. The maximum atomic E-state index is 3.97. The Kier molecular flexibility index (Phi) is 2.91. The van der Waals surface area contributed by atoms with Gasteiger partial charge in [-0.1, -0.05) is 0 Å². The van der Waals surface area contributed by atoms with E-state index in [0.717, 1.165) is 5.84 Å². The monoisotopic (exact) mass is 128 g/mol. The molecule has 0 aromatic heterocycles. The molecule has 0 rings (SSSR count). The van der Waals surface area contributed by atoms with Crippen molar-refractivity contribution < 1.29 is 4.68 Å². The highest BCUT2D eigenvalue weighted by molar-refractivity contribution is 5.78. The van der Waals surface area contributed by atoms with Crippen LogP contribution in [0.4, 0.5) is 0 Å². The molecule has 9 heavy (non-hydrogen) atoms. The Morgan fingerprint density at radius 1 is 1.67 bits per heavy atom. The number of aliphatic imine (C=N–C) groups is 1. The van der Waals surface area contributed by atoms with Gasteiger partial charge in [0.15, 0.2) is 19.6 Å². The number of nitrogens with zero attached hydrogens (tertiary/aromatic N) is 3. The first kappa shape index (κ1) is 8.14. The standard InChI is InChI=1S/C6H14N3/c1-6(7-2)9(5)8(3)4/h3H2,1-2,4-5H3/q+1. The van der Waals surface area contributed by atoms with Gasteiger partial charge in [0.05, 0.1) is 7.05 Å². The molecule has 0 spiro atoms. The number of hydrazone groups is 1. The molecule has 0 N–H and O–H groups in total. The van der Waals surface area contributed by atoms with Crippen LogP contribution in [0.15, 0.2) is 4.99 Å². The topological polar surface area (TPSA) is 18.6 Å². The van der Waals surface area contributed by atoms with E-state index < -0.39 is 0 Å². The van der Waals surface area contributed by atoms with Gasteiger partial charge >= 0.3 is 0 Å². The van der Waals surface area contributed by atoms with Crippen molar-refractivity contribution in [3.63, 3.8) is 0 Å². The summed E-state index contributed by atoms with van der Waals surface area (Å²) in [5.41, 5.74) is 0. The molecule has 0 bridgehead atoms. The molecule has 0 saturated carbocycles. The molecule has 0 atom stereocenters. The molecular formula is C6H14N3+. The van der Waals surface area contributed by atoms with Crippen LogP contribution < -0.4 is 0 Å². The van der Waals surface area contributed by atoms with E-state index in [4.69, 9.17) is 0 Å². The van der Waals surface area contributed by atoms with Gasteiger partial charge in [0.25, 0.3) is 0 Å². The van der Waals surface area contributed by atoms with Crippen molar-refractivity contribution in [1.29, 1.82) is 0 Å². The Hall–Kier alpha value is -0.860. The number of hydrogen-bond acceptors (Lipinski definition) is 1. The highest BCUT2D eigenvalue weighted by atomic mass is 15.5. The summed E-state index contributed by atoms with van der Waals surface area (Å²) in [6.45, 7) is 5.62. The Morgan fingerprint density at radius 2 is 2.11 bits per heavy atom. The lowest BCUT2D eigenvalue weighted by Crippen LogP contribution is -2.31. The number of rotatable bonds is 1. The maximum Gasteiger partial charge on any atom is 0.161 e. The van der Waals surface area contributed by atoms with E-state index in [0.29, 0.717) is 0 Å². The van der Waals surface area contributed by atoms with Gasteiger partial charge in [0.1, 0.15) is 0 Å². The van der Waals surface area contributed by atoms with Gasteiger partial charge in [-0.3, -0.25) is 4.99 Å². The van der Waals surface area contributed by atoms with E-state index in [1.54, 1.807) is 11.7 Å². The largest absolute Gasteiger partial charge is 0.271 e. The van der Waals surface area contributed by atoms with Crippen LogP contribution in [0.1, 0.15) is 6.92 Å². The lowest BCUT2D eigenvalue weighted by Gasteiger charge is -2.09. The zero-order valence-electron chi connectivity index (χ0n) is 6.55. The van der Waals surface area contributed by atoms with Crippen LogP contribution in [0, 0.1) is 0 Å². The fourth-order valence-corrected chi connectivity index (χ4v) is 0.392. The van der Waals surface area contributed by atoms with E-state index in [9.17, 15) is 0 Å². The quantitative estimate of drug-likeness (QED) is 0.214. The lowest BCUT2D eigenvalue weighted by molar-refractivity contribution is -0.629. The van der Waals surface area contributed by atoms with Crippen molar-refractivity contribution in [1.82, 2.24) is 5.01 Å². The van der Waals surface area contributed by atoms with Crippen LogP contribution in [0.3, 0.4) is 0 Å². The van der Waals surface area contributed by atoms with Crippen molar-refractivity contribution in [3.8, 4) is 0 Å². The summed E-state index contributed by atoms with van der Waals surface area (Å²) in [5, 5.41) is 1.86. The number of amidine groups is 1. The Morgan fingerprint density at radius 3 is 2.22 bits per heavy atom. The summed E-state index contributed by atoms with van der Waals surface area (Å²) in [5.74, 6) is 0.951. The van der Waals surface area contributed by atoms with Crippen LogP contribution in [-0.4, -0.2) is 43.4 Å². The molecule has 0 aliphatic heterocycles. The fraction of sp³-hybridized carbons (Fsp3) is 0.667. The second-order valence-corrected chi connectivity index (χ2v) is 1.95. The van der Waals surface area contributed by atoms with Gasteiger partial charge in [0, 0.05) is 7.05 Å². The molecule has 0 aromatic carbocycles. The minimum atomic E-state index is 0.951. The average molecular weight is 128 g/mol. The summed E-state index contributed by atoms with van der Waals surface area (Å²) in [6.07, 6.45) is 0. The second-order valence-electron chi connectivity index (χ2n) is 1.95. The van der Waals surface area contributed by atoms with Gasteiger partial charge in [-0.2, -0.15) is 0 Å². The molecule has 3 nitrogen and oxygen atoms in total. The molecule has 0 aliphatic rings. The first-order chi connectivity index (χ1) is 4.09. The molecule has 52 valence electrons. The predicted octanol–water partition coefficient (Wildman–Crippen LogP) is 0.224. The Bertz CT molecular complexity index is 137. The molecular weight excluding hydrogens is 114 g/mol. The lowest BCUT2D eigenvalue weighted by atomic mass is 10.6. The third-order valence-corrected chi connectivity index (χ3v) is 1.30. The average Bonchev–Trinajstić information content (AvgIpc) is 1.84. The highest BCUT2D eigenvalue weighted by Crippen LogP contribution is 1.82. The van der Waals surface area contributed by atoms with E-state index in [1.165, 1.54) is 0 Å². The molecule has 0 heterocycles. The third-order valence-electron chi connectivity index (χ3n) is 1.30. The number of hydrazine groups is 1. The van der Waals surface area contributed by atoms with Crippen LogP contribution in [0.5, 0.6) is 0 Å². The second kappa shape index (κ2) is 3.22. The summed E-state index contributed by atoms with van der Waals surface area (Å²) in [4.78, 5) is 3.97. The molecule has 3 heteroatoms. The minimum absolute atomic E-state index is 0.951. The summed E-state index contributed by atoms with van der Waals surface area (Å²) in [6, 6.07) is 0.